The number of nitrogens with zero attached hydrogens (tertiary/aromatic N) is 3. The average Bonchev–Trinajstić information content (AvgIpc) is 3.30. The Morgan fingerprint density at radius 3 is 2.45 bits per heavy atom. The predicted octanol–water partition coefficient (Wildman–Crippen LogP) is 3.90. The average molecular weight is 482 g/mol. The molecule has 3 atom stereocenters. The molecule has 1 aromatic carbocycles. The van der Waals surface area contributed by atoms with Crippen LogP contribution in [0, 0.1) is 5.82 Å². The molecule has 1 amide bonds. The smallest absolute Gasteiger partial charge is 0.410 e. The van der Waals surface area contributed by atoms with Gasteiger partial charge in [-0.05, 0) is 64.7 Å². The Kier molecular flexibility index (Phi) is 6.45. The van der Waals surface area contributed by atoms with E-state index in [9.17, 15) is 17.6 Å². The molecule has 4 rings (SSSR count). The van der Waals surface area contributed by atoms with E-state index < -0.39 is 21.8 Å². The number of benzene rings is 1. The Morgan fingerprint density at radius 2 is 1.88 bits per heavy atom. The molecular formula is C22H28FN3O6S. The van der Waals surface area contributed by atoms with Crippen molar-refractivity contribution in [3.63, 3.8) is 0 Å². The van der Waals surface area contributed by atoms with Crippen molar-refractivity contribution in [1.82, 2.24) is 15.0 Å². The van der Waals surface area contributed by atoms with E-state index in [-0.39, 0.29) is 47.0 Å². The van der Waals surface area contributed by atoms with Gasteiger partial charge in [0.05, 0.1) is 12.2 Å². The highest BCUT2D eigenvalue weighted by Gasteiger charge is 2.45. The Morgan fingerprint density at radius 1 is 1.21 bits per heavy atom. The molecule has 11 heteroatoms. The molecule has 2 aliphatic heterocycles. The van der Waals surface area contributed by atoms with Crippen molar-refractivity contribution < 1.29 is 31.6 Å². The van der Waals surface area contributed by atoms with Crippen LogP contribution in [-0.4, -0.2) is 60.1 Å². The summed E-state index contributed by atoms with van der Waals surface area (Å²) in [6, 6.07) is 3.86. The summed E-state index contributed by atoms with van der Waals surface area (Å²) >= 11 is 0. The number of carbonyl (C=O) groups is 1. The van der Waals surface area contributed by atoms with Crippen LogP contribution >= 0.6 is 0 Å². The van der Waals surface area contributed by atoms with Crippen LogP contribution in [-0.2, 0) is 19.3 Å². The molecule has 0 spiro atoms. The number of amides is 1. The van der Waals surface area contributed by atoms with Gasteiger partial charge in [0.2, 0.25) is 5.82 Å². The highest BCUT2D eigenvalue weighted by atomic mass is 32.2. The fraction of sp³-hybridized carbons (Fsp3) is 0.591. The van der Waals surface area contributed by atoms with E-state index >= 15 is 0 Å². The molecular weight excluding hydrogens is 453 g/mol. The first-order valence-corrected chi connectivity index (χ1v) is 12.9. The van der Waals surface area contributed by atoms with Crippen molar-refractivity contribution in [1.29, 1.82) is 0 Å². The van der Waals surface area contributed by atoms with E-state index in [4.69, 9.17) is 14.0 Å². The summed E-state index contributed by atoms with van der Waals surface area (Å²) in [6.45, 7) is 5.47. The number of rotatable bonds is 6. The Hall–Kier alpha value is -2.53. The van der Waals surface area contributed by atoms with Crippen molar-refractivity contribution in [3.8, 4) is 11.4 Å². The van der Waals surface area contributed by atoms with Gasteiger partial charge in [0.25, 0.3) is 5.89 Å². The van der Waals surface area contributed by atoms with E-state index in [1.54, 1.807) is 6.92 Å². The zero-order valence-corrected chi connectivity index (χ0v) is 19.8. The van der Waals surface area contributed by atoms with Gasteiger partial charge in [-0.1, -0.05) is 5.16 Å². The molecule has 33 heavy (non-hydrogen) atoms. The maximum Gasteiger partial charge on any atom is 0.410 e. The fourth-order valence-corrected chi connectivity index (χ4v) is 5.33. The zero-order valence-electron chi connectivity index (χ0n) is 19.0. The minimum absolute atomic E-state index is 0.0672. The Labute approximate surface area is 192 Å². The van der Waals surface area contributed by atoms with Crippen LogP contribution in [0.2, 0.25) is 0 Å². The number of sulfone groups is 1. The van der Waals surface area contributed by atoms with Gasteiger partial charge in [-0.2, -0.15) is 4.98 Å². The number of fused-ring (bicyclic) bond motifs is 2. The lowest BCUT2D eigenvalue weighted by molar-refractivity contribution is -0.0640. The van der Waals surface area contributed by atoms with Crippen LogP contribution in [0.15, 0.2) is 27.6 Å². The summed E-state index contributed by atoms with van der Waals surface area (Å²) in [6.07, 6.45) is 3.21. The lowest BCUT2D eigenvalue weighted by atomic mass is 10.00. The first kappa shape index (κ1) is 23.6. The van der Waals surface area contributed by atoms with Crippen molar-refractivity contribution in [2.24, 2.45) is 0 Å². The summed E-state index contributed by atoms with van der Waals surface area (Å²) in [5, 5.41) is 3.89. The van der Waals surface area contributed by atoms with Crippen LogP contribution < -0.4 is 0 Å². The number of piperidine rings is 1. The van der Waals surface area contributed by atoms with Crippen LogP contribution in [0.1, 0.15) is 58.4 Å². The number of ether oxygens (including phenoxy) is 2. The second-order valence-electron chi connectivity index (χ2n) is 8.97. The van der Waals surface area contributed by atoms with Gasteiger partial charge in [-0.3, -0.25) is 0 Å². The monoisotopic (exact) mass is 481 g/mol. The normalized spacial score (nSPS) is 23.7. The highest BCUT2D eigenvalue weighted by molar-refractivity contribution is 7.90. The molecule has 2 aromatic rings. The third-order valence-electron chi connectivity index (χ3n) is 6.01. The molecule has 0 N–H and O–H groups in total. The van der Waals surface area contributed by atoms with E-state index in [1.807, 2.05) is 18.7 Å². The highest BCUT2D eigenvalue weighted by Crippen LogP contribution is 2.39. The van der Waals surface area contributed by atoms with Crippen LogP contribution in [0.3, 0.4) is 0 Å². The van der Waals surface area contributed by atoms with E-state index in [2.05, 4.69) is 10.1 Å². The molecule has 2 fully saturated rings. The molecule has 2 bridgehead atoms. The van der Waals surface area contributed by atoms with Gasteiger partial charge in [0.15, 0.2) is 9.84 Å². The molecule has 2 aliphatic rings. The predicted molar refractivity (Wildman–Crippen MR) is 116 cm³/mol. The van der Waals surface area contributed by atoms with Crippen molar-refractivity contribution in [2.45, 2.75) is 81.7 Å². The van der Waals surface area contributed by atoms with E-state index in [0.29, 0.717) is 18.4 Å². The Balaban J connectivity index is 1.41. The molecule has 2 saturated heterocycles. The third kappa shape index (κ3) is 5.03. The minimum atomic E-state index is -3.67. The SMILES string of the molecule is CC(C)OC(=O)N1C2CCC1CC(OC(C)c1nc(-c3ccc(S(C)(=O)=O)c(F)c3)no1)C2. The summed E-state index contributed by atoms with van der Waals surface area (Å²) in [7, 11) is -3.67. The van der Waals surface area contributed by atoms with Crippen LogP contribution in [0.25, 0.3) is 11.4 Å². The Bertz CT molecular complexity index is 1120. The maximum absolute atomic E-state index is 14.2. The summed E-state index contributed by atoms with van der Waals surface area (Å²) in [5.41, 5.74) is 0.303. The molecule has 3 unspecified atom stereocenters. The zero-order chi connectivity index (χ0) is 23.9. The van der Waals surface area contributed by atoms with Gasteiger partial charge >= 0.3 is 6.09 Å². The van der Waals surface area contributed by atoms with Crippen molar-refractivity contribution >= 4 is 15.9 Å². The molecule has 9 nitrogen and oxygen atoms in total. The first-order valence-electron chi connectivity index (χ1n) is 11.0. The molecule has 0 saturated carbocycles. The molecule has 180 valence electrons. The fourth-order valence-electron chi connectivity index (χ4n) is 4.60. The lowest BCUT2D eigenvalue weighted by Gasteiger charge is -2.38. The quantitative estimate of drug-likeness (QED) is 0.611. The summed E-state index contributed by atoms with van der Waals surface area (Å²) in [5.74, 6) is -0.485. The topological polar surface area (TPSA) is 112 Å². The number of carbonyl (C=O) groups excluding carboxylic acids is 1. The van der Waals surface area contributed by atoms with E-state index in [1.165, 1.54) is 12.1 Å². The minimum Gasteiger partial charge on any atom is -0.447 e. The van der Waals surface area contributed by atoms with E-state index in [0.717, 1.165) is 25.2 Å². The largest absolute Gasteiger partial charge is 0.447 e. The number of hydrogen-bond acceptors (Lipinski definition) is 8. The first-order chi connectivity index (χ1) is 15.5. The summed E-state index contributed by atoms with van der Waals surface area (Å²) < 4.78 is 54.3. The molecule has 1 aromatic heterocycles. The van der Waals surface area contributed by atoms with Gasteiger partial charge < -0.3 is 18.9 Å². The second-order valence-corrected chi connectivity index (χ2v) is 11.0. The van der Waals surface area contributed by atoms with Gasteiger partial charge in [0.1, 0.15) is 16.8 Å². The van der Waals surface area contributed by atoms with Gasteiger partial charge in [-0.25, -0.2) is 17.6 Å². The number of aromatic nitrogens is 2. The van der Waals surface area contributed by atoms with Gasteiger partial charge in [-0.15, -0.1) is 0 Å². The number of hydrogen-bond donors (Lipinski definition) is 0. The van der Waals surface area contributed by atoms with Crippen LogP contribution in [0.5, 0.6) is 0 Å². The third-order valence-corrected chi connectivity index (χ3v) is 7.14. The molecule has 3 heterocycles. The van der Waals surface area contributed by atoms with Crippen LogP contribution in [0.4, 0.5) is 9.18 Å². The maximum atomic E-state index is 14.2. The summed E-state index contributed by atoms with van der Waals surface area (Å²) in [4.78, 5) is 18.2. The second kappa shape index (κ2) is 9.02. The van der Waals surface area contributed by atoms with Crippen molar-refractivity contribution in [2.75, 3.05) is 6.26 Å². The molecule has 0 aliphatic carbocycles. The van der Waals surface area contributed by atoms with Crippen molar-refractivity contribution in [3.05, 3.63) is 29.9 Å². The molecule has 0 radical (unpaired) electrons. The number of halogens is 1. The lowest BCUT2D eigenvalue weighted by Crippen LogP contribution is -2.49. The standard InChI is InChI=1S/C22H28FN3O6S/c1-12(2)30-22(27)26-15-6-7-16(26)11-17(10-15)31-13(3)21-24-20(25-32-21)14-5-8-19(18(23)9-14)33(4,28)29/h5,8-9,12-13,15-17H,6-7,10-11H2,1-4H3. The van der Waals surface area contributed by atoms with Gasteiger partial charge in [0, 0.05) is 23.9 Å².